The van der Waals surface area contributed by atoms with Gasteiger partial charge in [0.2, 0.25) is 0 Å². The number of esters is 1. The first-order valence-corrected chi connectivity index (χ1v) is 10.1. The largest absolute Gasteiger partial charge is 0.493 e. The van der Waals surface area contributed by atoms with E-state index in [0.29, 0.717) is 13.0 Å². The molecule has 1 spiro atoms. The molecule has 0 aromatic heterocycles. The minimum Gasteiger partial charge on any atom is -0.493 e. The third-order valence-electron chi connectivity index (χ3n) is 6.21. The molecule has 1 N–H and O–H groups in total. The number of aliphatic hydroxyl groups excluding tert-OH is 1. The molecule has 2 heterocycles. The monoisotopic (exact) mass is 387 g/mol. The lowest BCUT2D eigenvalue weighted by molar-refractivity contribution is -0.141. The third-order valence-corrected chi connectivity index (χ3v) is 6.21. The van der Waals surface area contributed by atoms with E-state index >= 15 is 0 Å². The van der Waals surface area contributed by atoms with Crippen LogP contribution in [0.2, 0.25) is 0 Å². The minimum absolute atomic E-state index is 0.0542. The summed E-state index contributed by atoms with van der Waals surface area (Å²) >= 11 is 0. The summed E-state index contributed by atoms with van der Waals surface area (Å²) in [6.07, 6.45) is 7.01. The molecule has 1 aromatic rings. The number of nitrogens with zero attached hydrogens (tertiary/aromatic N) is 1. The highest BCUT2D eigenvalue weighted by Gasteiger charge is 2.52. The molecule has 6 nitrogen and oxygen atoms in total. The third kappa shape index (κ3) is 3.40. The Kier molecular flexibility index (Phi) is 5.34. The molecule has 3 aliphatic rings. The lowest BCUT2D eigenvalue weighted by atomic mass is 9.69. The molecule has 2 aliphatic heterocycles. The van der Waals surface area contributed by atoms with Gasteiger partial charge >= 0.3 is 5.97 Å². The van der Waals surface area contributed by atoms with Crippen molar-refractivity contribution in [1.82, 2.24) is 4.90 Å². The summed E-state index contributed by atoms with van der Waals surface area (Å²) in [5, 5.41) is 10.1. The Balaban J connectivity index is 1.56. The molecule has 0 saturated carbocycles. The zero-order valence-corrected chi connectivity index (χ0v) is 16.6. The van der Waals surface area contributed by atoms with Crippen molar-refractivity contribution in [3.63, 3.8) is 0 Å². The van der Waals surface area contributed by atoms with Gasteiger partial charge in [0.15, 0.2) is 11.5 Å². The van der Waals surface area contributed by atoms with Gasteiger partial charge in [0.1, 0.15) is 6.10 Å². The van der Waals surface area contributed by atoms with Crippen LogP contribution in [0.25, 0.3) is 0 Å². The Morgan fingerprint density at radius 1 is 1.39 bits per heavy atom. The fourth-order valence-corrected chi connectivity index (χ4v) is 4.84. The van der Waals surface area contributed by atoms with E-state index in [4.69, 9.17) is 14.2 Å². The number of benzene rings is 1. The van der Waals surface area contributed by atoms with Crippen LogP contribution in [0.15, 0.2) is 24.3 Å². The standard InChI is InChI=1S/C22H29NO5/c1-15(24)27-12-4-3-10-23-11-9-22-8-7-17(25)13-19(22)28-21-18(26-2)6-5-16(14-23)20(21)22/h5-8,17,19,25H,3-4,9-14H2,1-2H3/t17-,19-,22-/m0/s1. The van der Waals surface area contributed by atoms with Crippen molar-refractivity contribution >= 4 is 5.97 Å². The number of carbonyl (C=O) groups is 1. The van der Waals surface area contributed by atoms with Gasteiger partial charge in [0.05, 0.1) is 25.2 Å². The minimum atomic E-state index is -0.458. The molecule has 28 heavy (non-hydrogen) atoms. The van der Waals surface area contributed by atoms with Crippen molar-refractivity contribution in [3.8, 4) is 11.5 Å². The van der Waals surface area contributed by atoms with Gasteiger partial charge in [0.25, 0.3) is 0 Å². The maximum absolute atomic E-state index is 10.9. The Bertz CT molecular complexity index is 776. The van der Waals surface area contributed by atoms with Gasteiger partial charge in [-0.15, -0.1) is 0 Å². The topological polar surface area (TPSA) is 68.2 Å². The highest BCUT2D eigenvalue weighted by atomic mass is 16.5. The molecule has 0 saturated heterocycles. The Labute approximate surface area is 166 Å². The normalized spacial score (nSPS) is 28.1. The lowest BCUT2D eigenvalue weighted by Gasteiger charge is -2.35. The Morgan fingerprint density at radius 3 is 3.04 bits per heavy atom. The van der Waals surface area contributed by atoms with E-state index in [1.165, 1.54) is 18.1 Å². The van der Waals surface area contributed by atoms with Crippen molar-refractivity contribution in [2.75, 3.05) is 26.8 Å². The molecule has 3 atom stereocenters. The summed E-state index contributed by atoms with van der Waals surface area (Å²) in [6, 6.07) is 4.14. The SMILES string of the molecule is COc1ccc2c3c1O[C@H]1C[C@@H](O)C=C[C@@]31CCN(CCCCOC(C)=O)C2. The fourth-order valence-electron chi connectivity index (χ4n) is 4.84. The van der Waals surface area contributed by atoms with E-state index in [-0.39, 0.29) is 17.5 Å². The van der Waals surface area contributed by atoms with Crippen LogP contribution < -0.4 is 9.47 Å². The van der Waals surface area contributed by atoms with Gasteiger partial charge in [-0.25, -0.2) is 0 Å². The number of carbonyl (C=O) groups excluding carboxylic acids is 1. The maximum Gasteiger partial charge on any atom is 0.302 e. The molecule has 0 bridgehead atoms. The second-order valence-corrected chi connectivity index (χ2v) is 8.01. The number of hydrogen-bond acceptors (Lipinski definition) is 6. The van der Waals surface area contributed by atoms with Crippen molar-refractivity contribution in [3.05, 3.63) is 35.4 Å². The molecule has 0 amide bonds. The highest BCUT2D eigenvalue weighted by Crippen LogP contribution is 2.55. The summed E-state index contributed by atoms with van der Waals surface area (Å²) in [5.41, 5.74) is 2.32. The number of methoxy groups -OCH3 is 1. The average molecular weight is 387 g/mol. The van der Waals surface area contributed by atoms with Crippen LogP contribution in [0.1, 0.15) is 43.7 Å². The molecule has 6 heteroatoms. The second-order valence-electron chi connectivity index (χ2n) is 8.01. The quantitative estimate of drug-likeness (QED) is 0.460. The first kappa shape index (κ1) is 19.3. The van der Waals surface area contributed by atoms with E-state index in [0.717, 1.165) is 50.4 Å². The summed E-state index contributed by atoms with van der Waals surface area (Å²) in [7, 11) is 1.67. The first-order chi connectivity index (χ1) is 13.5. The fraction of sp³-hybridized carbons (Fsp3) is 0.591. The van der Waals surface area contributed by atoms with Crippen LogP contribution in [0.3, 0.4) is 0 Å². The first-order valence-electron chi connectivity index (χ1n) is 10.1. The van der Waals surface area contributed by atoms with Gasteiger partial charge in [0, 0.05) is 25.5 Å². The molecular weight excluding hydrogens is 358 g/mol. The summed E-state index contributed by atoms with van der Waals surface area (Å²) in [5.74, 6) is 1.40. The summed E-state index contributed by atoms with van der Waals surface area (Å²) < 4.78 is 17.0. The number of rotatable bonds is 6. The van der Waals surface area contributed by atoms with Gasteiger partial charge in [-0.1, -0.05) is 18.2 Å². The summed E-state index contributed by atoms with van der Waals surface area (Å²) in [6.45, 7) is 4.73. The Morgan fingerprint density at radius 2 is 2.25 bits per heavy atom. The van der Waals surface area contributed by atoms with Crippen LogP contribution in [0.4, 0.5) is 0 Å². The van der Waals surface area contributed by atoms with Gasteiger partial charge in [-0.05, 0) is 44.0 Å². The van der Waals surface area contributed by atoms with Gasteiger partial charge in [-0.3, -0.25) is 9.69 Å². The van der Waals surface area contributed by atoms with E-state index in [9.17, 15) is 9.90 Å². The predicted molar refractivity (Wildman–Crippen MR) is 105 cm³/mol. The van der Waals surface area contributed by atoms with Crippen LogP contribution in [-0.2, 0) is 21.5 Å². The second kappa shape index (κ2) is 7.76. The zero-order valence-electron chi connectivity index (χ0n) is 16.6. The average Bonchev–Trinajstić information content (AvgIpc) is 2.91. The van der Waals surface area contributed by atoms with Crippen molar-refractivity contribution in [1.29, 1.82) is 0 Å². The van der Waals surface area contributed by atoms with Gasteiger partial charge in [-0.2, -0.15) is 0 Å². The molecular formula is C22H29NO5. The van der Waals surface area contributed by atoms with E-state index in [1.807, 2.05) is 12.1 Å². The van der Waals surface area contributed by atoms with E-state index in [2.05, 4.69) is 17.0 Å². The molecule has 0 fully saturated rings. The number of hydrogen-bond donors (Lipinski definition) is 1. The van der Waals surface area contributed by atoms with E-state index in [1.54, 1.807) is 7.11 Å². The van der Waals surface area contributed by atoms with Crippen LogP contribution in [-0.4, -0.2) is 55.0 Å². The van der Waals surface area contributed by atoms with Crippen molar-refractivity contribution < 1.29 is 24.1 Å². The van der Waals surface area contributed by atoms with Gasteiger partial charge < -0.3 is 19.3 Å². The number of aliphatic hydroxyl groups is 1. The number of ether oxygens (including phenoxy) is 3. The molecule has 1 aliphatic carbocycles. The van der Waals surface area contributed by atoms with Crippen LogP contribution in [0.5, 0.6) is 11.5 Å². The zero-order chi connectivity index (χ0) is 19.7. The highest BCUT2D eigenvalue weighted by molar-refractivity contribution is 5.65. The van der Waals surface area contributed by atoms with Crippen LogP contribution in [0, 0.1) is 0 Å². The Hall–Kier alpha value is -2.05. The summed E-state index contributed by atoms with van der Waals surface area (Å²) in [4.78, 5) is 13.4. The van der Waals surface area contributed by atoms with Crippen LogP contribution >= 0.6 is 0 Å². The smallest absolute Gasteiger partial charge is 0.302 e. The molecule has 1 aromatic carbocycles. The van der Waals surface area contributed by atoms with E-state index < -0.39 is 6.10 Å². The molecule has 4 rings (SSSR count). The van der Waals surface area contributed by atoms with Crippen molar-refractivity contribution in [2.45, 2.75) is 56.8 Å². The van der Waals surface area contributed by atoms with Crippen molar-refractivity contribution in [2.24, 2.45) is 0 Å². The molecule has 0 radical (unpaired) electrons. The maximum atomic E-state index is 10.9. The lowest BCUT2D eigenvalue weighted by Crippen LogP contribution is -2.43. The molecule has 0 unspecified atom stereocenters. The predicted octanol–water partition coefficient (Wildman–Crippen LogP) is 2.56. The molecule has 152 valence electrons. The number of unbranched alkanes of at least 4 members (excludes halogenated alkanes) is 1.